The van der Waals surface area contributed by atoms with E-state index in [0.29, 0.717) is 0 Å². The second kappa shape index (κ2) is 7.29. The average molecular weight is 262 g/mol. The van der Waals surface area contributed by atoms with Crippen LogP contribution in [-0.2, 0) is 11.2 Å². The maximum atomic E-state index is 11.1. The molecule has 0 spiro atoms. The van der Waals surface area contributed by atoms with Crippen LogP contribution in [0, 0.1) is 13.8 Å². The maximum Gasteiger partial charge on any atom is 0.221 e. The molecule has 0 radical (unpaired) electrons. The minimum Gasteiger partial charge on any atom is -0.326 e. The van der Waals surface area contributed by atoms with Crippen LogP contribution in [0.4, 0.5) is 5.69 Å². The Morgan fingerprint density at radius 1 is 1.16 bits per heavy atom. The van der Waals surface area contributed by atoms with E-state index in [2.05, 4.69) is 43.1 Å². The normalized spacial score (nSPS) is 10.8. The lowest BCUT2D eigenvalue weighted by Gasteiger charge is -2.19. The van der Waals surface area contributed by atoms with E-state index in [9.17, 15) is 4.79 Å². The molecule has 0 aliphatic rings. The van der Waals surface area contributed by atoms with Crippen molar-refractivity contribution in [3.05, 3.63) is 28.8 Å². The van der Waals surface area contributed by atoms with Crippen LogP contribution in [0.15, 0.2) is 12.1 Å². The summed E-state index contributed by atoms with van der Waals surface area (Å²) in [6, 6.07) is 4.28. The quantitative estimate of drug-likeness (QED) is 0.854. The van der Waals surface area contributed by atoms with Crippen molar-refractivity contribution in [3.63, 3.8) is 0 Å². The van der Waals surface area contributed by atoms with Gasteiger partial charge >= 0.3 is 0 Å². The molecular formula is C16H26N2O. The third kappa shape index (κ3) is 4.67. The van der Waals surface area contributed by atoms with Gasteiger partial charge in [0.05, 0.1) is 0 Å². The van der Waals surface area contributed by atoms with Crippen molar-refractivity contribution in [3.8, 4) is 0 Å². The first kappa shape index (κ1) is 15.7. The number of hydrogen-bond donors (Lipinski definition) is 1. The van der Waals surface area contributed by atoms with Crippen molar-refractivity contribution in [2.45, 2.75) is 41.0 Å². The number of anilines is 1. The topological polar surface area (TPSA) is 32.3 Å². The molecule has 0 heterocycles. The minimum absolute atomic E-state index is 0.0154. The number of rotatable bonds is 6. The van der Waals surface area contributed by atoms with E-state index in [-0.39, 0.29) is 5.91 Å². The fraction of sp³-hybridized carbons (Fsp3) is 0.562. The second-order valence-corrected chi connectivity index (χ2v) is 5.05. The second-order valence-electron chi connectivity index (χ2n) is 5.05. The highest BCUT2D eigenvalue weighted by Crippen LogP contribution is 2.21. The van der Waals surface area contributed by atoms with E-state index >= 15 is 0 Å². The summed E-state index contributed by atoms with van der Waals surface area (Å²) >= 11 is 0. The summed E-state index contributed by atoms with van der Waals surface area (Å²) < 4.78 is 0. The van der Waals surface area contributed by atoms with Gasteiger partial charge in [0.25, 0.3) is 0 Å². The van der Waals surface area contributed by atoms with Crippen LogP contribution >= 0.6 is 0 Å². The zero-order valence-electron chi connectivity index (χ0n) is 12.8. The Hall–Kier alpha value is -1.35. The van der Waals surface area contributed by atoms with Crippen molar-refractivity contribution in [1.82, 2.24) is 4.90 Å². The first-order chi connectivity index (χ1) is 8.97. The molecule has 0 aromatic heterocycles. The van der Waals surface area contributed by atoms with Crippen LogP contribution in [0.25, 0.3) is 0 Å². The Bertz CT molecular complexity index is 437. The van der Waals surface area contributed by atoms with Crippen LogP contribution in [0.5, 0.6) is 0 Å². The van der Waals surface area contributed by atoms with E-state index in [0.717, 1.165) is 37.3 Å². The van der Waals surface area contributed by atoms with E-state index in [4.69, 9.17) is 0 Å². The highest BCUT2D eigenvalue weighted by atomic mass is 16.1. The van der Waals surface area contributed by atoms with Gasteiger partial charge in [0.2, 0.25) is 5.91 Å². The van der Waals surface area contributed by atoms with Crippen molar-refractivity contribution >= 4 is 11.6 Å². The van der Waals surface area contributed by atoms with Gasteiger partial charge in [-0.1, -0.05) is 19.9 Å². The highest BCUT2D eigenvalue weighted by Gasteiger charge is 2.07. The Balaban J connectivity index is 2.80. The van der Waals surface area contributed by atoms with Crippen molar-refractivity contribution in [1.29, 1.82) is 0 Å². The highest BCUT2D eigenvalue weighted by molar-refractivity contribution is 5.89. The lowest BCUT2D eigenvalue weighted by Crippen LogP contribution is -2.25. The van der Waals surface area contributed by atoms with Gasteiger partial charge in [0, 0.05) is 19.2 Å². The van der Waals surface area contributed by atoms with Gasteiger partial charge in [-0.25, -0.2) is 0 Å². The smallest absolute Gasteiger partial charge is 0.221 e. The summed E-state index contributed by atoms with van der Waals surface area (Å²) in [7, 11) is 0. The number of nitrogens with one attached hydrogen (secondary N) is 1. The SMILES string of the molecule is CCN(CC)CCc1cc(C)c(NC(C)=O)cc1C. The minimum atomic E-state index is -0.0154. The zero-order chi connectivity index (χ0) is 14.4. The molecule has 1 aromatic carbocycles. The van der Waals surface area contributed by atoms with Crippen LogP contribution in [-0.4, -0.2) is 30.4 Å². The first-order valence-electron chi connectivity index (χ1n) is 7.08. The molecule has 1 aromatic rings. The Morgan fingerprint density at radius 3 is 2.32 bits per heavy atom. The van der Waals surface area contributed by atoms with Crippen LogP contribution < -0.4 is 5.32 Å². The molecule has 3 heteroatoms. The molecule has 0 atom stereocenters. The number of aryl methyl sites for hydroxylation is 2. The molecule has 1 N–H and O–H groups in total. The molecule has 19 heavy (non-hydrogen) atoms. The Morgan fingerprint density at radius 2 is 1.79 bits per heavy atom. The van der Waals surface area contributed by atoms with Crippen molar-refractivity contribution < 1.29 is 4.79 Å². The molecule has 0 unspecified atom stereocenters. The monoisotopic (exact) mass is 262 g/mol. The predicted molar refractivity (Wildman–Crippen MR) is 81.7 cm³/mol. The summed E-state index contributed by atoms with van der Waals surface area (Å²) in [6.45, 7) is 13.4. The molecule has 1 rings (SSSR count). The fourth-order valence-electron chi connectivity index (χ4n) is 2.29. The van der Waals surface area contributed by atoms with Gasteiger partial charge < -0.3 is 10.2 Å². The van der Waals surface area contributed by atoms with E-state index < -0.39 is 0 Å². The molecule has 1 amide bonds. The third-order valence-corrected chi connectivity index (χ3v) is 3.59. The molecule has 106 valence electrons. The van der Waals surface area contributed by atoms with E-state index in [1.807, 2.05) is 6.92 Å². The number of hydrogen-bond acceptors (Lipinski definition) is 2. The summed E-state index contributed by atoms with van der Waals surface area (Å²) in [5.74, 6) is -0.0154. The maximum absolute atomic E-state index is 11.1. The molecule has 0 fully saturated rings. The van der Waals surface area contributed by atoms with E-state index in [1.54, 1.807) is 6.92 Å². The molecule has 3 nitrogen and oxygen atoms in total. The summed E-state index contributed by atoms with van der Waals surface area (Å²) in [6.07, 6.45) is 1.06. The van der Waals surface area contributed by atoms with Gasteiger partial charge in [-0.3, -0.25) is 4.79 Å². The standard InChI is InChI=1S/C16H26N2O/c1-6-18(7-2)9-8-15-10-13(4)16(11-12(15)3)17-14(5)19/h10-11H,6-9H2,1-5H3,(H,17,19). The summed E-state index contributed by atoms with van der Waals surface area (Å²) in [4.78, 5) is 13.6. The van der Waals surface area contributed by atoms with Gasteiger partial charge in [0.1, 0.15) is 0 Å². The average Bonchev–Trinajstić information content (AvgIpc) is 2.35. The zero-order valence-corrected chi connectivity index (χ0v) is 12.8. The third-order valence-electron chi connectivity index (χ3n) is 3.59. The Kier molecular flexibility index (Phi) is 6.03. The Labute approximate surface area is 117 Å². The molecule has 0 aliphatic carbocycles. The number of nitrogens with zero attached hydrogens (tertiary/aromatic N) is 1. The number of benzene rings is 1. The predicted octanol–water partition coefficient (Wildman–Crippen LogP) is 3.15. The largest absolute Gasteiger partial charge is 0.326 e. The van der Waals surface area contributed by atoms with Crippen molar-refractivity contribution in [2.24, 2.45) is 0 Å². The molecule has 0 aliphatic heterocycles. The number of likely N-dealkylation sites (N-methyl/N-ethyl adjacent to an activating group) is 1. The fourth-order valence-corrected chi connectivity index (χ4v) is 2.29. The van der Waals surface area contributed by atoms with Gasteiger partial charge in [-0.15, -0.1) is 0 Å². The van der Waals surface area contributed by atoms with E-state index in [1.165, 1.54) is 11.1 Å². The lowest BCUT2D eigenvalue weighted by molar-refractivity contribution is -0.114. The lowest BCUT2D eigenvalue weighted by atomic mass is 10.0. The summed E-state index contributed by atoms with van der Waals surface area (Å²) in [5.41, 5.74) is 4.69. The number of carbonyl (C=O) groups is 1. The molecule has 0 saturated heterocycles. The number of amides is 1. The number of carbonyl (C=O) groups excluding carboxylic acids is 1. The van der Waals surface area contributed by atoms with Crippen LogP contribution in [0.2, 0.25) is 0 Å². The van der Waals surface area contributed by atoms with Crippen LogP contribution in [0.1, 0.15) is 37.5 Å². The molecular weight excluding hydrogens is 236 g/mol. The van der Waals surface area contributed by atoms with Gasteiger partial charge in [0.15, 0.2) is 0 Å². The van der Waals surface area contributed by atoms with Gasteiger partial charge in [-0.05, 0) is 56.1 Å². The van der Waals surface area contributed by atoms with Crippen LogP contribution in [0.3, 0.4) is 0 Å². The molecule has 0 bridgehead atoms. The first-order valence-corrected chi connectivity index (χ1v) is 7.08. The summed E-state index contributed by atoms with van der Waals surface area (Å²) in [5, 5.41) is 2.88. The van der Waals surface area contributed by atoms with Crippen molar-refractivity contribution in [2.75, 3.05) is 25.0 Å². The van der Waals surface area contributed by atoms with Gasteiger partial charge in [-0.2, -0.15) is 0 Å². The molecule has 0 saturated carbocycles.